The van der Waals surface area contributed by atoms with Crippen LogP contribution in [0.5, 0.6) is 0 Å². The van der Waals surface area contributed by atoms with Crippen LogP contribution in [-0.2, 0) is 11.1 Å². The predicted molar refractivity (Wildman–Crippen MR) is 46.6 cm³/mol. The van der Waals surface area contributed by atoms with E-state index in [1.165, 1.54) is 0 Å². The molecule has 0 aliphatic heterocycles. The SMILES string of the molecule is [2H]C(c1ccccc1)C(C)OC. The molecule has 0 heterocycles. The number of ether oxygens (including phenoxy) is 1. The van der Waals surface area contributed by atoms with E-state index in [0.717, 1.165) is 5.56 Å². The van der Waals surface area contributed by atoms with Crippen molar-refractivity contribution in [3.63, 3.8) is 0 Å². The minimum Gasteiger partial charge on any atom is -0.381 e. The van der Waals surface area contributed by atoms with E-state index >= 15 is 0 Å². The van der Waals surface area contributed by atoms with E-state index < -0.39 is 0 Å². The van der Waals surface area contributed by atoms with Crippen molar-refractivity contribution in [3.05, 3.63) is 35.9 Å². The van der Waals surface area contributed by atoms with Gasteiger partial charge in [-0.25, -0.2) is 0 Å². The Balaban J connectivity index is 2.71. The van der Waals surface area contributed by atoms with Gasteiger partial charge in [-0.2, -0.15) is 0 Å². The molecule has 2 unspecified atom stereocenters. The fourth-order valence-electron chi connectivity index (χ4n) is 0.903. The first-order chi connectivity index (χ1) is 5.75. The van der Waals surface area contributed by atoms with Gasteiger partial charge in [-0.15, -0.1) is 0 Å². The molecular formula is C10H14O. The Kier molecular flexibility index (Phi) is 2.58. The molecule has 11 heavy (non-hydrogen) atoms. The summed E-state index contributed by atoms with van der Waals surface area (Å²) >= 11 is 0. The summed E-state index contributed by atoms with van der Waals surface area (Å²) in [6.45, 7) is 1.91. The Labute approximate surface area is 69.4 Å². The third kappa shape index (κ3) is 2.72. The average molecular weight is 151 g/mol. The van der Waals surface area contributed by atoms with Gasteiger partial charge in [0.2, 0.25) is 0 Å². The van der Waals surface area contributed by atoms with Crippen LogP contribution in [0.3, 0.4) is 0 Å². The van der Waals surface area contributed by atoms with Crippen LogP contribution < -0.4 is 0 Å². The maximum atomic E-state index is 7.79. The van der Waals surface area contributed by atoms with Crippen molar-refractivity contribution in [3.8, 4) is 0 Å². The van der Waals surface area contributed by atoms with Gasteiger partial charge in [0.25, 0.3) is 0 Å². The van der Waals surface area contributed by atoms with E-state index in [1.54, 1.807) is 7.11 Å². The molecule has 1 aromatic carbocycles. The first-order valence-electron chi connectivity index (χ1n) is 4.33. The summed E-state index contributed by atoms with van der Waals surface area (Å²) < 4.78 is 12.9. The van der Waals surface area contributed by atoms with Crippen LogP contribution in [0.1, 0.15) is 13.9 Å². The Morgan fingerprint density at radius 2 is 2.09 bits per heavy atom. The molecule has 1 rings (SSSR count). The third-order valence-electron chi connectivity index (χ3n) is 1.60. The van der Waals surface area contributed by atoms with E-state index in [9.17, 15) is 0 Å². The zero-order valence-electron chi connectivity index (χ0n) is 7.95. The largest absolute Gasteiger partial charge is 0.381 e. The minimum absolute atomic E-state index is 0.0487. The van der Waals surface area contributed by atoms with Gasteiger partial charge in [0, 0.05) is 8.48 Å². The molecule has 2 atom stereocenters. The van der Waals surface area contributed by atoms with Crippen molar-refractivity contribution >= 4 is 0 Å². The fourth-order valence-corrected chi connectivity index (χ4v) is 0.903. The maximum Gasteiger partial charge on any atom is 0.0583 e. The van der Waals surface area contributed by atoms with Crippen LogP contribution in [0.25, 0.3) is 0 Å². The highest BCUT2D eigenvalue weighted by Gasteiger charge is 1.99. The molecule has 0 N–H and O–H groups in total. The van der Waals surface area contributed by atoms with Crippen molar-refractivity contribution in [2.24, 2.45) is 0 Å². The van der Waals surface area contributed by atoms with Crippen molar-refractivity contribution in [1.29, 1.82) is 0 Å². The molecule has 0 saturated carbocycles. The van der Waals surface area contributed by atoms with E-state index in [4.69, 9.17) is 6.11 Å². The Morgan fingerprint density at radius 1 is 1.45 bits per heavy atom. The Hall–Kier alpha value is -0.820. The van der Waals surface area contributed by atoms with Crippen LogP contribution in [0.2, 0.25) is 0 Å². The van der Waals surface area contributed by atoms with E-state index in [2.05, 4.69) is 0 Å². The molecular weight excluding hydrogens is 136 g/mol. The topological polar surface area (TPSA) is 9.23 Å². The summed E-state index contributed by atoms with van der Waals surface area (Å²) in [5.41, 5.74) is 1.01. The molecule has 0 bridgehead atoms. The van der Waals surface area contributed by atoms with Gasteiger partial charge >= 0.3 is 0 Å². The second-order valence-corrected chi connectivity index (χ2v) is 2.52. The molecule has 0 spiro atoms. The fraction of sp³-hybridized carbons (Fsp3) is 0.400. The average Bonchev–Trinajstić information content (AvgIpc) is 2.17. The maximum absolute atomic E-state index is 7.79. The van der Waals surface area contributed by atoms with Gasteiger partial charge in [0.15, 0.2) is 0 Å². The van der Waals surface area contributed by atoms with Crippen LogP contribution >= 0.6 is 0 Å². The summed E-state index contributed by atoms with van der Waals surface area (Å²) in [6.07, 6.45) is -0.330. The van der Waals surface area contributed by atoms with Crippen molar-refractivity contribution < 1.29 is 6.11 Å². The standard InChI is InChI=1S/C10H14O/c1-9(11-2)8-10-6-4-3-5-7-10/h3-7,9H,8H2,1-2H3/i8D. The van der Waals surface area contributed by atoms with Crippen LogP contribution in [0, 0.1) is 0 Å². The molecule has 0 saturated heterocycles. The molecule has 0 aliphatic rings. The zero-order chi connectivity index (χ0) is 8.97. The number of methoxy groups -OCH3 is 1. The second kappa shape index (κ2) is 4.14. The van der Waals surface area contributed by atoms with Gasteiger partial charge < -0.3 is 4.74 Å². The summed E-state index contributed by atoms with van der Waals surface area (Å²) in [4.78, 5) is 0. The summed E-state index contributed by atoms with van der Waals surface area (Å²) in [7, 11) is 1.63. The molecule has 0 aromatic heterocycles. The van der Waals surface area contributed by atoms with Crippen LogP contribution in [0.4, 0.5) is 0 Å². The molecule has 60 valence electrons. The lowest BCUT2D eigenvalue weighted by Crippen LogP contribution is -2.07. The van der Waals surface area contributed by atoms with Crippen LogP contribution in [-0.4, -0.2) is 13.2 Å². The molecule has 0 radical (unpaired) electrons. The minimum atomic E-state index is -0.281. The molecule has 1 aromatic rings. The number of hydrogen-bond donors (Lipinski definition) is 0. The van der Waals surface area contributed by atoms with Crippen molar-refractivity contribution in [2.75, 3.05) is 7.11 Å². The highest BCUT2D eigenvalue weighted by Crippen LogP contribution is 2.03. The lowest BCUT2D eigenvalue weighted by molar-refractivity contribution is 0.119. The molecule has 0 aliphatic carbocycles. The van der Waals surface area contributed by atoms with Gasteiger partial charge in [0.05, 0.1) is 6.10 Å². The van der Waals surface area contributed by atoms with Gasteiger partial charge in [-0.05, 0) is 18.9 Å². The number of rotatable bonds is 3. The zero-order valence-corrected chi connectivity index (χ0v) is 6.95. The van der Waals surface area contributed by atoms with Gasteiger partial charge in [0.1, 0.15) is 0 Å². The number of benzene rings is 1. The summed E-state index contributed by atoms with van der Waals surface area (Å²) in [5, 5.41) is 0. The monoisotopic (exact) mass is 151 g/mol. The molecule has 0 fully saturated rings. The van der Waals surface area contributed by atoms with Gasteiger partial charge in [-0.1, -0.05) is 30.3 Å². The van der Waals surface area contributed by atoms with Gasteiger partial charge in [-0.3, -0.25) is 0 Å². The quantitative estimate of drug-likeness (QED) is 0.644. The highest BCUT2D eigenvalue weighted by atomic mass is 16.5. The first kappa shape index (κ1) is 6.86. The highest BCUT2D eigenvalue weighted by molar-refractivity contribution is 5.15. The summed E-state index contributed by atoms with van der Waals surface area (Å²) in [5.74, 6) is 0. The van der Waals surface area contributed by atoms with E-state index in [-0.39, 0.29) is 12.5 Å². The Bertz CT molecular complexity index is 223. The molecule has 0 amide bonds. The third-order valence-corrected chi connectivity index (χ3v) is 1.60. The lowest BCUT2D eigenvalue weighted by Gasteiger charge is -2.08. The smallest absolute Gasteiger partial charge is 0.0583 e. The van der Waals surface area contributed by atoms with Crippen LogP contribution in [0.15, 0.2) is 30.3 Å². The normalized spacial score (nSPS) is 17.1. The van der Waals surface area contributed by atoms with E-state index in [0.29, 0.717) is 0 Å². The second-order valence-electron chi connectivity index (χ2n) is 2.52. The molecule has 1 nitrogen and oxygen atoms in total. The Morgan fingerprint density at radius 3 is 2.64 bits per heavy atom. The number of hydrogen-bond acceptors (Lipinski definition) is 1. The lowest BCUT2D eigenvalue weighted by atomic mass is 10.1. The van der Waals surface area contributed by atoms with Crippen molar-refractivity contribution in [2.45, 2.75) is 19.4 Å². The summed E-state index contributed by atoms with van der Waals surface area (Å²) in [6, 6.07) is 9.74. The predicted octanol–water partition coefficient (Wildman–Crippen LogP) is 2.26. The van der Waals surface area contributed by atoms with E-state index in [1.807, 2.05) is 37.3 Å². The van der Waals surface area contributed by atoms with Crippen molar-refractivity contribution in [1.82, 2.24) is 0 Å². The molecule has 1 heteroatoms. The first-order valence-corrected chi connectivity index (χ1v) is 3.75.